The van der Waals surface area contributed by atoms with Crippen molar-refractivity contribution in [3.05, 3.63) is 28.2 Å². The van der Waals surface area contributed by atoms with Gasteiger partial charge in [-0.2, -0.15) is 0 Å². The Bertz CT molecular complexity index is 397. The summed E-state index contributed by atoms with van der Waals surface area (Å²) >= 11 is 3.50. The first kappa shape index (κ1) is 13.8. The van der Waals surface area contributed by atoms with Crippen molar-refractivity contribution in [1.82, 2.24) is 4.90 Å². The van der Waals surface area contributed by atoms with Crippen molar-refractivity contribution in [2.24, 2.45) is 0 Å². The third-order valence-electron chi connectivity index (χ3n) is 3.13. The van der Waals surface area contributed by atoms with E-state index in [1.165, 1.54) is 5.56 Å². The van der Waals surface area contributed by atoms with Crippen LogP contribution in [-0.4, -0.2) is 35.8 Å². The highest BCUT2D eigenvalue weighted by molar-refractivity contribution is 9.10. The SMILES string of the molecule is CCCOc1ccc(Br)cc1CN1CC[C@@H](O)C1. The van der Waals surface area contributed by atoms with Gasteiger partial charge in [0.05, 0.1) is 12.7 Å². The minimum absolute atomic E-state index is 0.169. The first-order valence-electron chi connectivity index (χ1n) is 6.50. The number of benzene rings is 1. The molecule has 1 aliphatic heterocycles. The van der Waals surface area contributed by atoms with Crippen LogP contribution in [0.3, 0.4) is 0 Å². The Balaban J connectivity index is 2.06. The molecule has 0 spiro atoms. The van der Waals surface area contributed by atoms with Crippen LogP contribution in [0.4, 0.5) is 0 Å². The van der Waals surface area contributed by atoms with Crippen LogP contribution in [0.25, 0.3) is 0 Å². The van der Waals surface area contributed by atoms with Crippen molar-refractivity contribution in [2.45, 2.75) is 32.4 Å². The molecule has 1 saturated heterocycles. The smallest absolute Gasteiger partial charge is 0.123 e. The fourth-order valence-corrected chi connectivity index (χ4v) is 2.63. The summed E-state index contributed by atoms with van der Waals surface area (Å²) in [6, 6.07) is 6.13. The van der Waals surface area contributed by atoms with Crippen LogP contribution in [0.5, 0.6) is 5.75 Å². The average molecular weight is 314 g/mol. The predicted octanol–water partition coefficient (Wildman–Crippen LogP) is 2.80. The standard InChI is InChI=1S/C14H20BrNO2/c1-2-7-18-14-4-3-12(15)8-11(14)9-16-6-5-13(17)10-16/h3-4,8,13,17H,2,5-7,9-10H2,1H3/t13-/m1/s1. The minimum atomic E-state index is -0.169. The van der Waals surface area contributed by atoms with Crippen LogP contribution in [-0.2, 0) is 6.54 Å². The molecule has 1 aliphatic rings. The Morgan fingerprint density at radius 1 is 1.50 bits per heavy atom. The molecule has 1 aromatic carbocycles. The van der Waals surface area contributed by atoms with E-state index in [9.17, 15) is 5.11 Å². The van der Waals surface area contributed by atoms with Gasteiger partial charge in [-0.25, -0.2) is 0 Å². The molecule has 1 N–H and O–H groups in total. The van der Waals surface area contributed by atoms with Crippen molar-refractivity contribution in [3.63, 3.8) is 0 Å². The van der Waals surface area contributed by atoms with Gasteiger partial charge in [0.25, 0.3) is 0 Å². The van der Waals surface area contributed by atoms with Gasteiger partial charge in [-0.1, -0.05) is 22.9 Å². The van der Waals surface area contributed by atoms with E-state index in [2.05, 4.69) is 33.8 Å². The van der Waals surface area contributed by atoms with Gasteiger partial charge >= 0.3 is 0 Å². The number of aliphatic hydroxyl groups is 1. The summed E-state index contributed by atoms with van der Waals surface area (Å²) < 4.78 is 6.84. The van der Waals surface area contributed by atoms with E-state index < -0.39 is 0 Å². The second-order valence-corrected chi connectivity index (χ2v) is 5.69. The summed E-state index contributed by atoms with van der Waals surface area (Å²) in [5.74, 6) is 0.960. The van der Waals surface area contributed by atoms with E-state index in [0.29, 0.717) is 0 Å². The lowest BCUT2D eigenvalue weighted by Gasteiger charge is -2.18. The first-order chi connectivity index (χ1) is 8.69. The van der Waals surface area contributed by atoms with Crippen LogP contribution >= 0.6 is 15.9 Å². The van der Waals surface area contributed by atoms with E-state index in [-0.39, 0.29) is 6.10 Å². The number of hydrogen-bond acceptors (Lipinski definition) is 3. The lowest BCUT2D eigenvalue weighted by atomic mass is 10.2. The second kappa shape index (κ2) is 6.55. The van der Waals surface area contributed by atoms with Crippen LogP contribution in [0, 0.1) is 0 Å². The molecule has 1 fully saturated rings. The van der Waals surface area contributed by atoms with Crippen molar-refractivity contribution in [1.29, 1.82) is 0 Å². The highest BCUT2D eigenvalue weighted by atomic mass is 79.9. The number of β-amino-alcohol motifs (C(OH)–C–C–N with tert-alkyl or cyclic N) is 1. The molecule has 0 saturated carbocycles. The minimum Gasteiger partial charge on any atom is -0.493 e. The molecule has 100 valence electrons. The van der Waals surface area contributed by atoms with Crippen LogP contribution in [0.1, 0.15) is 25.3 Å². The number of ether oxygens (including phenoxy) is 1. The third kappa shape index (κ3) is 3.70. The summed E-state index contributed by atoms with van der Waals surface area (Å²) in [6.07, 6.45) is 1.72. The Labute approximate surface area is 117 Å². The molecule has 0 unspecified atom stereocenters. The van der Waals surface area contributed by atoms with Crippen molar-refractivity contribution in [2.75, 3.05) is 19.7 Å². The van der Waals surface area contributed by atoms with E-state index in [1.807, 2.05) is 12.1 Å². The van der Waals surface area contributed by atoms with Gasteiger partial charge in [-0.15, -0.1) is 0 Å². The van der Waals surface area contributed by atoms with Crippen molar-refractivity contribution in [3.8, 4) is 5.75 Å². The van der Waals surface area contributed by atoms with Gasteiger partial charge in [0.1, 0.15) is 5.75 Å². The number of hydrogen-bond donors (Lipinski definition) is 1. The summed E-state index contributed by atoms with van der Waals surface area (Å²) in [6.45, 7) is 5.42. The van der Waals surface area contributed by atoms with Crippen LogP contribution < -0.4 is 4.74 Å². The molecular formula is C14H20BrNO2. The lowest BCUT2D eigenvalue weighted by Crippen LogP contribution is -2.21. The molecule has 18 heavy (non-hydrogen) atoms. The molecule has 0 bridgehead atoms. The van der Waals surface area contributed by atoms with Crippen LogP contribution in [0.15, 0.2) is 22.7 Å². The lowest BCUT2D eigenvalue weighted by molar-refractivity contribution is 0.174. The van der Waals surface area contributed by atoms with Gasteiger partial charge in [0.15, 0.2) is 0 Å². The van der Waals surface area contributed by atoms with Gasteiger partial charge in [0, 0.05) is 29.7 Å². The van der Waals surface area contributed by atoms with E-state index in [4.69, 9.17) is 4.74 Å². The van der Waals surface area contributed by atoms with E-state index in [0.717, 1.165) is 49.3 Å². The van der Waals surface area contributed by atoms with E-state index >= 15 is 0 Å². The van der Waals surface area contributed by atoms with Crippen molar-refractivity contribution < 1.29 is 9.84 Å². The maximum atomic E-state index is 9.56. The number of nitrogens with zero attached hydrogens (tertiary/aromatic N) is 1. The molecule has 0 aromatic heterocycles. The zero-order valence-corrected chi connectivity index (χ0v) is 12.3. The molecule has 1 atom stereocenters. The maximum absolute atomic E-state index is 9.56. The largest absolute Gasteiger partial charge is 0.493 e. The molecule has 3 nitrogen and oxygen atoms in total. The normalized spacial score (nSPS) is 20.3. The first-order valence-corrected chi connectivity index (χ1v) is 7.30. The fraction of sp³-hybridized carbons (Fsp3) is 0.571. The summed E-state index contributed by atoms with van der Waals surface area (Å²) in [5.41, 5.74) is 1.19. The number of aliphatic hydroxyl groups excluding tert-OH is 1. The fourth-order valence-electron chi connectivity index (χ4n) is 2.22. The molecule has 2 rings (SSSR count). The van der Waals surface area contributed by atoms with Crippen molar-refractivity contribution >= 4 is 15.9 Å². The third-order valence-corrected chi connectivity index (χ3v) is 3.62. The summed E-state index contributed by atoms with van der Waals surface area (Å²) in [4.78, 5) is 2.27. The molecule has 0 aliphatic carbocycles. The molecule has 0 amide bonds. The zero-order valence-electron chi connectivity index (χ0n) is 10.7. The van der Waals surface area contributed by atoms with Crippen LogP contribution in [0.2, 0.25) is 0 Å². The van der Waals surface area contributed by atoms with Gasteiger partial charge in [0.2, 0.25) is 0 Å². The Hall–Kier alpha value is -0.580. The quantitative estimate of drug-likeness (QED) is 0.907. The van der Waals surface area contributed by atoms with Gasteiger partial charge in [-0.3, -0.25) is 4.90 Å². The van der Waals surface area contributed by atoms with E-state index in [1.54, 1.807) is 0 Å². The zero-order chi connectivity index (χ0) is 13.0. The topological polar surface area (TPSA) is 32.7 Å². The molecule has 1 aromatic rings. The Kier molecular flexibility index (Phi) is 5.03. The number of halogens is 1. The molecule has 0 radical (unpaired) electrons. The molecule has 4 heteroatoms. The maximum Gasteiger partial charge on any atom is 0.123 e. The second-order valence-electron chi connectivity index (χ2n) is 4.78. The van der Waals surface area contributed by atoms with Gasteiger partial charge < -0.3 is 9.84 Å². The molecular weight excluding hydrogens is 294 g/mol. The summed E-state index contributed by atoms with van der Waals surface area (Å²) in [7, 11) is 0. The highest BCUT2D eigenvalue weighted by Crippen LogP contribution is 2.26. The number of rotatable bonds is 5. The van der Waals surface area contributed by atoms with Gasteiger partial charge in [-0.05, 0) is 31.0 Å². The number of likely N-dealkylation sites (tertiary alicyclic amines) is 1. The Morgan fingerprint density at radius 2 is 2.33 bits per heavy atom. The Morgan fingerprint density at radius 3 is 3.00 bits per heavy atom. The average Bonchev–Trinajstić information content (AvgIpc) is 2.74. The summed E-state index contributed by atoms with van der Waals surface area (Å²) in [5, 5.41) is 9.56. The monoisotopic (exact) mass is 313 g/mol. The highest BCUT2D eigenvalue weighted by Gasteiger charge is 2.21. The molecule has 1 heterocycles. The predicted molar refractivity (Wildman–Crippen MR) is 75.8 cm³/mol.